The average molecular weight is 209 g/mol. The minimum Gasteiger partial charge on any atom is -0.444 e. The highest BCUT2D eigenvalue weighted by molar-refractivity contribution is 5.05. The molecule has 0 aromatic carbocycles. The fourth-order valence-electron chi connectivity index (χ4n) is 2.15. The Hall–Kier alpha value is -0.870. The van der Waals surface area contributed by atoms with Crippen LogP contribution in [0.3, 0.4) is 0 Å². The Labute approximate surface area is 90.5 Å². The minimum atomic E-state index is 0.512. The molecule has 0 spiro atoms. The third-order valence-corrected chi connectivity index (χ3v) is 3.18. The van der Waals surface area contributed by atoms with Crippen LogP contribution < -0.4 is 5.73 Å². The monoisotopic (exact) mass is 209 g/mol. The van der Waals surface area contributed by atoms with Gasteiger partial charge in [0.05, 0.1) is 12.2 Å². The maximum Gasteiger partial charge on any atom is 0.208 e. The summed E-state index contributed by atoms with van der Waals surface area (Å²) >= 11 is 0. The Bertz CT molecular complexity index is 315. The summed E-state index contributed by atoms with van der Waals surface area (Å²) in [4.78, 5) is 6.76. The lowest BCUT2D eigenvalue weighted by Gasteiger charge is -2.20. The summed E-state index contributed by atoms with van der Waals surface area (Å²) in [5.41, 5.74) is 6.71. The van der Waals surface area contributed by atoms with Gasteiger partial charge in [-0.2, -0.15) is 0 Å². The van der Waals surface area contributed by atoms with E-state index in [2.05, 4.69) is 9.88 Å². The van der Waals surface area contributed by atoms with Crippen LogP contribution in [-0.4, -0.2) is 29.0 Å². The topological polar surface area (TPSA) is 55.3 Å². The van der Waals surface area contributed by atoms with Crippen molar-refractivity contribution >= 4 is 0 Å². The number of aromatic nitrogens is 1. The number of oxazole rings is 1. The molecule has 0 saturated carbocycles. The molecule has 4 nitrogen and oxygen atoms in total. The molecular weight excluding hydrogens is 190 g/mol. The first-order valence-corrected chi connectivity index (χ1v) is 5.57. The van der Waals surface area contributed by atoms with Gasteiger partial charge in [0.25, 0.3) is 0 Å². The van der Waals surface area contributed by atoms with E-state index in [9.17, 15) is 0 Å². The fraction of sp³-hybridized carbons (Fsp3) is 0.727. The third-order valence-electron chi connectivity index (χ3n) is 3.18. The van der Waals surface area contributed by atoms with Crippen LogP contribution in [0.25, 0.3) is 0 Å². The van der Waals surface area contributed by atoms with E-state index in [1.54, 1.807) is 0 Å². The van der Waals surface area contributed by atoms with E-state index < -0.39 is 0 Å². The number of hydrogen-bond acceptors (Lipinski definition) is 4. The summed E-state index contributed by atoms with van der Waals surface area (Å²) in [7, 11) is 0. The van der Waals surface area contributed by atoms with Gasteiger partial charge < -0.3 is 10.2 Å². The van der Waals surface area contributed by atoms with Gasteiger partial charge in [0.1, 0.15) is 5.76 Å². The highest BCUT2D eigenvalue weighted by atomic mass is 16.4. The van der Waals surface area contributed by atoms with Crippen LogP contribution >= 0.6 is 0 Å². The molecule has 1 saturated heterocycles. The van der Waals surface area contributed by atoms with E-state index in [4.69, 9.17) is 10.2 Å². The van der Waals surface area contributed by atoms with E-state index in [0.717, 1.165) is 37.0 Å². The maximum atomic E-state index is 5.72. The van der Waals surface area contributed by atoms with Gasteiger partial charge in [0.2, 0.25) is 5.89 Å². The number of aryl methyl sites for hydroxylation is 2. The molecule has 1 aromatic rings. The first-order valence-electron chi connectivity index (χ1n) is 5.57. The largest absolute Gasteiger partial charge is 0.444 e. The normalized spacial score (nSPS) is 22.5. The Morgan fingerprint density at radius 1 is 1.53 bits per heavy atom. The molecule has 2 N–H and O–H groups in total. The van der Waals surface area contributed by atoms with Gasteiger partial charge >= 0.3 is 0 Å². The first kappa shape index (κ1) is 10.6. The number of rotatable bonds is 3. The van der Waals surface area contributed by atoms with Crippen LogP contribution in [0.1, 0.15) is 30.2 Å². The summed E-state index contributed by atoms with van der Waals surface area (Å²) in [6, 6.07) is 0.512. The summed E-state index contributed by atoms with van der Waals surface area (Å²) < 4.78 is 5.58. The standard InChI is InChI=1S/C11H19N3O/c1-8-9(2)15-11(13-8)7-14-5-3-4-10(14)6-12/h10H,3-7,12H2,1-2H3. The second kappa shape index (κ2) is 4.33. The second-order valence-corrected chi connectivity index (χ2v) is 4.25. The quantitative estimate of drug-likeness (QED) is 0.813. The molecule has 0 bridgehead atoms. The van der Waals surface area contributed by atoms with Crippen LogP contribution in [0, 0.1) is 13.8 Å². The van der Waals surface area contributed by atoms with Crippen molar-refractivity contribution in [3.05, 3.63) is 17.3 Å². The summed E-state index contributed by atoms with van der Waals surface area (Å²) in [5.74, 6) is 1.75. The Balaban J connectivity index is 2.02. The number of nitrogens with two attached hydrogens (primary N) is 1. The molecular formula is C11H19N3O. The van der Waals surface area contributed by atoms with Crippen molar-refractivity contribution in [2.24, 2.45) is 5.73 Å². The lowest BCUT2D eigenvalue weighted by atomic mass is 10.2. The zero-order chi connectivity index (χ0) is 10.8. The van der Waals surface area contributed by atoms with Gasteiger partial charge in [0.15, 0.2) is 0 Å². The molecule has 15 heavy (non-hydrogen) atoms. The zero-order valence-electron chi connectivity index (χ0n) is 9.49. The number of hydrogen-bond donors (Lipinski definition) is 1. The van der Waals surface area contributed by atoms with Crippen LogP contribution in [0.5, 0.6) is 0 Å². The molecule has 1 aliphatic rings. The van der Waals surface area contributed by atoms with Crippen molar-refractivity contribution in [2.75, 3.05) is 13.1 Å². The van der Waals surface area contributed by atoms with Gasteiger partial charge in [0, 0.05) is 12.6 Å². The Morgan fingerprint density at radius 3 is 2.93 bits per heavy atom. The van der Waals surface area contributed by atoms with Crippen molar-refractivity contribution in [2.45, 2.75) is 39.3 Å². The molecule has 1 fully saturated rings. The van der Waals surface area contributed by atoms with Crippen molar-refractivity contribution in [3.63, 3.8) is 0 Å². The van der Waals surface area contributed by atoms with Gasteiger partial charge in [-0.05, 0) is 33.2 Å². The van der Waals surface area contributed by atoms with E-state index in [0.29, 0.717) is 6.04 Å². The molecule has 2 rings (SSSR count). The van der Waals surface area contributed by atoms with E-state index in [1.165, 1.54) is 12.8 Å². The molecule has 0 amide bonds. The molecule has 84 valence electrons. The van der Waals surface area contributed by atoms with Crippen LogP contribution in [0.15, 0.2) is 4.42 Å². The van der Waals surface area contributed by atoms with E-state index >= 15 is 0 Å². The average Bonchev–Trinajstić information content (AvgIpc) is 2.75. The third kappa shape index (κ3) is 2.21. The predicted molar refractivity (Wildman–Crippen MR) is 58.5 cm³/mol. The maximum absolute atomic E-state index is 5.72. The Kier molecular flexibility index (Phi) is 3.07. The lowest BCUT2D eigenvalue weighted by molar-refractivity contribution is 0.224. The van der Waals surface area contributed by atoms with E-state index in [1.807, 2.05) is 13.8 Å². The summed E-state index contributed by atoms with van der Waals surface area (Å²) in [6.07, 6.45) is 2.44. The minimum absolute atomic E-state index is 0.512. The van der Waals surface area contributed by atoms with Crippen molar-refractivity contribution < 1.29 is 4.42 Å². The molecule has 1 unspecified atom stereocenters. The Morgan fingerprint density at radius 2 is 2.33 bits per heavy atom. The van der Waals surface area contributed by atoms with Crippen LogP contribution in [0.4, 0.5) is 0 Å². The van der Waals surface area contributed by atoms with Crippen LogP contribution in [-0.2, 0) is 6.54 Å². The molecule has 2 heterocycles. The molecule has 1 aromatic heterocycles. The number of likely N-dealkylation sites (tertiary alicyclic amines) is 1. The van der Waals surface area contributed by atoms with Crippen molar-refractivity contribution in [3.8, 4) is 0 Å². The molecule has 0 radical (unpaired) electrons. The van der Waals surface area contributed by atoms with Gasteiger partial charge in [-0.3, -0.25) is 4.90 Å². The second-order valence-electron chi connectivity index (χ2n) is 4.25. The van der Waals surface area contributed by atoms with Crippen molar-refractivity contribution in [1.29, 1.82) is 0 Å². The highest BCUT2D eigenvalue weighted by Crippen LogP contribution is 2.19. The molecule has 1 aliphatic heterocycles. The summed E-state index contributed by atoms with van der Waals surface area (Å²) in [5, 5.41) is 0. The molecule has 0 aliphatic carbocycles. The SMILES string of the molecule is Cc1nc(CN2CCCC2CN)oc1C. The smallest absolute Gasteiger partial charge is 0.208 e. The number of nitrogens with zero attached hydrogens (tertiary/aromatic N) is 2. The van der Waals surface area contributed by atoms with Gasteiger partial charge in [-0.15, -0.1) is 0 Å². The zero-order valence-corrected chi connectivity index (χ0v) is 9.49. The lowest BCUT2D eigenvalue weighted by Crippen LogP contribution is -2.34. The van der Waals surface area contributed by atoms with Gasteiger partial charge in [-0.1, -0.05) is 0 Å². The van der Waals surface area contributed by atoms with E-state index in [-0.39, 0.29) is 0 Å². The molecule has 1 atom stereocenters. The summed E-state index contributed by atoms with van der Waals surface area (Å²) in [6.45, 7) is 6.58. The highest BCUT2D eigenvalue weighted by Gasteiger charge is 2.24. The van der Waals surface area contributed by atoms with Crippen LogP contribution in [0.2, 0.25) is 0 Å². The van der Waals surface area contributed by atoms with Gasteiger partial charge in [-0.25, -0.2) is 4.98 Å². The van der Waals surface area contributed by atoms with Crippen molar-refractivity contribution in [1.82, 2.24) is 9.88 Å². The molecule has 4 heteroatoms. The fourth-order valence-corrected chi connectivity index (χ4v) is 2.15. The predicted octanol–water partition coefficient (Wildman–Crippen LogP) is 1.21. The first-order chi connectivity index (χ1) is 7.20.